The number of carbonyl (C=O) groups is 1. The SMILES string of the molecule is O=C(OCc1ccccc1)C(Cl)[N+](=O)[O-]. The molecule has 6 heteroatoms. The Bertz CT molecular complexity index is 354. The Morgan fingerprint density at radius 3 is 2.60 bits per heavy atom. The fraction of sp³-hybridized carbons (Fsp3) is 0.222. The molecule has 0 saturated carbocycles. The van der Waals surface area contributed by atoms with E-state index in [0.29, 0.717) is 0 Å². The zero-order valence-corrected chi connectivity index (χ0v) is 8.39. The summed E-state index contributed by atoms with van der Waals surface area (Å²) in [7, 11) is 0. The van der Waals surface area contributed by atoms with Crippen LogP contribution in [0.3, 0.4) is 0 Å². The molecular formula is C9H8ClNO4. The molecule has 15 heavy (non-hydrogen) atoms. The lowest BCUT2D eigenvalue weighted by atomic mass is 10.2. The first-order valence-electron chi connectivity index (χ1n) is 4.09. The molecule has 0 aliphatic rings. The first kappa shape index (κ1) is 11.5. The van der Waals surface area contributed by atoms with Gasteiger partial charge in [0.1, 0.15) is 6.61 Å². The van der Waals surface area contributed by atoms with Crippen molar-refractivity contribution in [3.8, 4) is 0 Å². The van der Waals surface area contributed by atoms with Crippen molar-refractivity contribution in [2.75, 3.05) is 0 Å². The zero-order valence-electron chi connectivity index (χ0n) is 7.63. The molecule has 80 valence electrons. The van der Waals surface area contributed by atoms with Crippen molar-refractivity contribution in [3.63, 3.8) is 0 Å². The van der Waals surface area contributed by atoms with Crippen molar-refractivity contribution >= 4 is 17.6 Å². The van der Waals surface area contributed by atoms with Gasteiger partial charge in [-0.2, -0.15) is 0 Å². The van der Waals surface area contributed by atoms with Gasteiger partial charge < -0.3 is 4.74 Å². The third-order valence-electron chi connectivity index (χ3n) is 1.60. The van der Waals surface area contributed by atoms with Gasteiger partial charge in [-0.3, -0.25) is 10.1 Å². The molecule has 1 rings (SSSR count). The third-order valence-corrected chi connectivity index (χ3v) is 1.94. The van der Waals surface area contributed by atoms with Gasteiger partial charge in [0, 0.05) is 0 Å². The predicted octanol–water partition coefficient (Wildman–Crippen LogP) is 1.57. The summed E-state index contributed by atoms with van der Waals surface area (Å²) in [5.74, 6) is -1.05. The molecule has 0 spiro atoms. The van der Waals surface area contributed by atoms with E-state index in [2.05, 4.69) is 4.74 Å². The molecule has 0 aliphatic carbocycles. The second kappa shape index (κ2) is 5.31. The van der Waals surface area contributed by atoms with Gasteiger partial charge in [0.05, 0.1) is 4.92 Å². The van der Waals surface area contributed by atoms with Crippen LogP contribution in [-0.4, -0.2) is 16.4 Å². The second-order valence-electron chi connectivity index (χ2n) is 2.71. The van der Waals surface area contributed by atoms with Gasteiger partial charge in [0.2, 0.25) is 0 Å². The van der Waals surface area contributed by atoms with E-state index < -0.39 is 16.4 Å². The maximum atomic E-state index is 11.0. The summed E-state index contributed by atoms with van der Waals surface area (Å²) in [4.78, 5) is 20.2. The number of nitrogens with zero attached hydrogens (tertiary/aromatic N) is 1. The Morgan fingerprint density at radius 2 is 2.07 bits per heavy atom. The molecule has 0 amide bonds. The fourth-order valence-electron chi connectivity index (χ4n) is 0.884. The van der Waals surface area contributed by atoms with Gasteiger partial charge in [-0.25, -0.2) is 4.79 Å². The molecule has 1 unspecified atom stereocenters. The summed E-state index contributed by atoms with van der Waals surface area (Å²) in [6, 6.07) is 8.84. The lowest BCUT2D eigenvalue weighted by molar-refractivity contribution is -0.487. The number of esters is 1. The summed E-state index contributed by atoms with van der Waals surface area (Å²) >= 11 is 5.16. The number of hydrogen-bond donors (Lipinski definition) is 0. The highest BCUT2D eigenvalue weighted by Gasteiger charge is 2.28. The Morgan fingerprint density at radius 1 is 1.47 bits per heavy atom. The maximum absolute atomic E-state index is 11.0. The van der Waals surface area contributed by atoms with Crippen LogP contribution in [0.25, 0.3) is 0 Å². The molecule has 0 N–H and O–H groups in total. The smallest absolute Gasteiger partial charge is 0.398 e. The number of nitro groups is 1. The highest BCUT2D eigenvalue weighted by Crippen LogP contribution is 2.05. The molecule has 1 aromatic carbocycles. The Labute approximate surface area is 90.8 Å². The molecule has 0 heterocycles. The van der Waals surface area contributed by atoms with E-state index >= 15 is 0 Å². The molecule has 5 nitrogen and oxygen atoms in total. The molecule has 0 radical (unpaired) electrons. The summed E-state index contributed by atoms with van der Waals surface area (Å²) in [5.41, 5.74) is -1.09. The third kappa shape index (κ3) is 3.55. The highest BCUT2D eigenvalue weighted by molar-refractivity contribution is 6.28. The zero-order chi connectivity index (χ0) is 11.3. The number of halogens is 1. The normalized spacial score (nSPS) is 11.8. The Hall–Kier alpha value is -1.62. The van der Waals surface area contributed by atoms with Crippen molar-refractivity contribution in [1.29, 1.82) is 0 Å². The molecular weight excluding hydrogens is 222 g/mol. The van der Waals surface area contributed by atoms with Gasteiger partial charge in [-0.05, 0) is 17.2 Å². The van der Waals surface area contributed by atoms with Gasteiger partial charge in [-0.15, -0.1) is 0 Å². The number of ether oxygens (including phenoxy) is 1. The van der Waals surface area contributed by atoms with Crippen LogP contribution in [0.2, 0.25) is 0 Å². The van der Waals surface area contributed by atoms with Crippen molar-refractivity contribution in [2.24, 2.45) is 0 Å². The Balaban J connectivity index is 2.44. The predicted molar refractivity (Wildman–Crippen MR) is 52.9 cm³/mol. The highest BCUT2D eigenvalue weighted by atomic mass is 35.5. The van der Waals surface area contributed by atoms with Crippen LogP contribution in [0.4, 0.5) is 0 Å². The quantitative estimate of drug-likeness (QED) is 0.258. The topological polar surface area (TPSA) is 69.4 Å². The van der Waals surface area contributed by atoms with Gasteiger partial charge in [0.15, 0.2) is 0 Å². The molecule has 0 saturated heterocycles. The second-order valence-corrected chi connectivity index (χ2v) is 3.13. The lowest BCUT2D eigenvalue weighted by Crippen LogP contribution is -2.25. The largest absolute Gasteiger partial charge is 0.455 e. The first-order valence-corrected chi connectivity index (χ1v) is 4.53. The monoisotopic (exact) mass is 229 g/mol. The van der Waals surface area contributed by atoms with E-state index in [0.717, 1.165) is 5.56 Å². The molecule has 0 bridgehead atoms. The molecule has 0 aromatic heterocycles. The van der Waals surface area contributed by atoms with Crippen LogP contribution in [0.1, 0.15) is 5.56 Å². The fourth-order valence-corrected chi connectivity index (χ4v) is 0.947. The summed E-state index contributed by atoms with van der Waals surface area (Å²) < 4.78 is 4.64. The maximum Gasteiger partial charge on any atom is 0.398 e. The van der Waals surface area contributed by atoms with Crippen LogP contribution in [0, 0.1) is 10.1 Å². The number of carbonyl (C=O) groups excluding carboxylic acids is 1. The van der Waals surface area contributed by atoms with Crippen LogP contribution in [-0.2, 0) is 16.1 Å². The first-order chi connectivity index (χ1) is 7.11. The number of hydrogen-bond acceptors (Lipinski definition) is 4. The summed E-state index contributed by atoms with van der Waals surface area (Å²) in [6.07, 6.45) is 0. The number of alkyl halides is 1. The van der Waals surface area contributed by atoms with E-state index in [1.54, 1.807) is 24.3 Å². The number of benzene rings is 1. The number of rotatable bonds is 4. The summed E-state index contributed by atoms with van der Waals surface area (Å²) in [5, 5.41) is 10.1. The molecule has 1 aromatic rings. The van der Waals surface area contributed by atoms with Crippen molar-refractivity contribution < 1.29 is 14.5 Å². The standard InChI is InChI=1S/C9H8ClNO4/c10-8(11(13)14)9(12)15-6-7-4-2-1-3-5-7/h1-5,8H,6H2. The molecule has 0 fully saturated rings. The average Bonchev–Trinajstić information content (AvgIpc) is 2.26. The minimum Gasteiger partial charge on any atom is -0.455 e. The van der Waals surface area contributed by atoms with E-state index in [4.69, 9.17) is 11.6 Å². The van der Waals surface area contributed by atoms with E-state index in [-0.39, 0.29) is 6.61 Å². The van der Waals surface area contributed by atoms with E-state index in [9.17, 15) is 14.9 Å². The van der Waals surface area contributed by atoms with E-state index in [1.165, 1.54) is 0 Å². The van der Waals surface area contributed by atoms with Crippen LogP contribution >= 0.6 is 11.6 Å². The van der Waals surface area contributed by atoms with Crippen molar-refractivity contribution in [3.05, 3.63) is 46.0 Å². The van der Waals surface area contributed by atoms with Crippen LogP contribution < -0.4 is 0 Å². The van der Waals surface area contributed by atoms with Crippen molar-refractivity contribution in [1.82, 2.24) is 0 Å². The minimum absolute atomic E-state index is 0.0171. The average molecular weight is 230 g/mol. The lowest BCUT2D eigenvalue weighted by Gasteiger charge is -2.04. The van der Waals surface area contributed by atoms with Crippen molar-refractivity contribution in [2.45, 2.75) is 12.1 Å². The Kier molecular flexibility index (Phi) is 4.05. The molecule has 0 aliphatic heterocycles. The van der Waals surface area contributed by atoms with Crippen LogP contribution in [0.15, 0.2) is 30.3 Å². The van der Waals surface area contributed by atoms with Gasteiger partial charge >= 0.3 is 11.5 Å². The molecule has 1 atom stereocenters. The minimum atomic E-state index is -1.84. The van der Waals surface area contributed by atoms with E-state index in [1.807, 2.05) is 6.07 Å². The van der Waals surface area contributed by atoms with Crippen LogP contribution in [0.5, 0.6) is 0 Å². The van der Waals surface area contributed by atoms with Gasteiger partial charge in [-0.1, -0.05) is 30.3 Å². The van der Waals surface area contributed by atoms with Gasteiger partial charge in [0.25, 0.3) is 0 Å². The summed E-state index contributed by atoms with van der Waals surface area (Å²) in [6.45, 7) is -0.0171.